The number of aromatic nitrogens is 1. The molecule has 1 saturated heterocycles. The summed E-state index contributed by atoms with van der Waals surface area (Å²) in [7, 11) is 0. The van der Waals surface area contributed by atoms with Gasteiger partial charge in [0.05, 0.1) is 13.1 Å². The van der Waals surface area contributed by atoms with E-state index in [0.717, 1.165) is 31.4 Å². The number of hydrogen-bond donors (Lipinski definition) is 1. The monoisotopic (exact) mass is 294 g/mol. The summed E-state index contributed by atoms with van der Waals surface area (Å²) in [5, 5.41) is 10.6. The molecular formula is C15H19ClN2O2. The predicted octanol–water partition coefficient (Wildman–Crippen LogP) is 2.28. The average molecular weight is 295 g/mol. The number of amides is 1. The van der Waals surface area contributed by atoms with Crippen LogP contribution in [-0.4, -0.2) is 39.6 Å². The van der Waals surface area contributed by atoms with Crippen molar-refractivity contribution in [3.8, 4) is 0 Å². The zero-order valence-corrected chi connectivity index (χ0v) is 12.4. The van der Waals surface area contributed by atoms with Crippen LogP contribution in [0.3, 0.4) is 0 Å². The molecule has 1 amide bonds. The second-order valence-electron chi connectivity index (χ2n) is 5.96. The van der Waals surface area contributed by atoms with E-state index in [9.17, 15) is 9.90 Å². The number of hydrogen-bond acceptors (Lipinski definition) is 3. The van der Waals surface area contributed by atoms with Gasteiger partial charge < -0.3 is 10.0 Å². The first-order valence-corrected chi connectivity index (χ1v) is 7.58. The summed E-state index contributed by atoms with van der Waals surface area (Å²) in [6.45, 7) is 2.95. The molecule has 1 saturated carbocycles. The number of likely N-dealkylation sites (tertiary alicyclic amines) is 1. The van der Waals surface area contributed by atoms with E-state index in [1.54, 1.807) is 11.0 Å². The molecule has 0 atom stereocenters. The van der Waals surface area contributed by atoms with Crippen LogP contribution in [0.5, 0.6) is 0 Å². The summed E-state index contributed by atoms with van der Waals surface area (Å²) in [5.41, 5.74) is 0.784. The van der Waals surface area contributed by atoms with Crippen molar-refractivity contribution in [2.45, 2.75) is 38.2 Å². The van der Waals surface area contributed by atoms with Crippen LogP contribution in [-0.2, 0) is 6.42 Å². The van der Waals surface area contributed by atoms with Crippen molar-refractivity contribution in [3.05, 3.63) is 28.5 Å². The predicted molar refractivity (Wildman–Crippen MR) is 76.8 cm³/mol. The normalized spacial score (nSPS) is 20.6. The number of aryl methyl sites for hydroxylation is 1. The standard InChI is InChI=1S/C15H19ClN2O2/c1-2-3-12-6-10(7-13(16)17-12)14(19)18-8-15(20,9-18)11-4-5-11/h6-7,11,20H,2-5,8-9H2,1H3. The summed E-state index contributed by atoms with van der Waals surface area (Å²) in [6, 6.07) is 3.42. The topological polar surface area (TPSA) is 53.4 Å². The summed E-state index contributed by atoms with van der Waals surface area (Å²) in [4.78, 5) is 18.3. The lowest BCUT2D eigenvalue weighted by Crippen LogP contribution is -2.64. The van der Waals surface area contributed by atoms with Crippen LogP contribution < -0.4 is 0 Å². The van der Waals surface area contributed by atoms with Crippen LogP contribution >= 0.6 is 11.6 Å². The zero-order valence-electron chi connectivity index (χ0n) is 11.6. The molecule has 5 heteroatoms. The minimum atomic E-state index is -0.640. The Hall–Kier alpha value is -1.13. The molecule has 1 aliphatic carbocycles. The Labute approximate surface area is 123 Å². The summed E-state index contributed by atoms with van der Waals surface area (Å²) < 4.78 is 0. The highest BCUT2D eigenvalue weighted by Gasteiger charge is 2.53. The van der Waals surface area contributed by atoms with Gasteiger partial charge in [0.25, 0.3) is 5.91 Å². The number of halogens is 1. The Morgan fingerprint density at radius 3 is 2.80 bits per heavy atom. The van der Waals surface area contributed by atoms with Gasteiger partial charge in [-0.25, -0.2) is 4.98 Å². The second-order valence-corrected chi connectivity index (χ2v) is 6.35. The molecule has 0 bridgehead atoms. The van der Waals surface area contributed by atoms with Gasteiger partial charge in [-0.1, -0.05) is 24.9 Å². The molecule has 0 radical (unpaired) electrons. The first-order chi connectivity index (χ1) is 9.51. The van der Waals surface area contributed by atoms with Crippen LogP contribution in [0, 0.1) is 5.92 Å². The van der Waals surface area contributed by atoms with Crippen molar-refractivity contribution in [2.75, 3.05) is 13.1 Å². The van der Waals surface area contributed by atoms with Crippen LogP contribution in [0.15, 0.2) is 12.1 Å². The number of pyridine rings is 1. The lowest BCUT2D eigenvalue weighted by Gasteiger charge is -2.47. The van der Waals surface area contributed by atoms with Crippen LogP contribution in [0.25, 0.3) is 0 Å². The number of carbonyl (C=O) groups excluding carboxylic acids is 1. The molecule has 1 aliphatic heterocycles. The third kappa shape index (κ3) is 2.54. The van der Waals surface area contributed by atoms with E-state index in [-0.39, 0.29) is 5.91 Å². The van der Waals surface area contributed by atoms with Gasteiger partial charge in [0.15, 0.2) is 0 Å². The molecule has 1 aromatic heterocycles. The van der Waals surface area contributed by atoms with Crippen molar-refractivity contribution in [3.63, 3.8) is 0 Å². The Morgan fingerprint density at radius 2 is 2.20 bits per heavy atom. The van der Waals surface area contributed by atoms with E-state index in [1.165, 1.54) is 0 Å². The van der Waals surface area contributed by atoms with Gasteiger partial charge in [-0.3, -0.25) is 4.79 Å². The number of aliphatic hydroxyl groups is 1. The first kappa shape index (κ1) is 13.8. The van der Waals surface area contributed by atoms with E-state index in [2.05, 4.69) is 11.9 Å². The van der Waals surface area contributed by atoms with Crippen molar-refractivity contribution in [1.82, 2.24) is 9.88 Å². The Kier molecular flexibility index (Phi) is 3.46. The molecule has 0 spiro atoms. The fourth-order valence-electron chi connectivity index (χ4n) is 2.88. The van der Waals surface area contributed by atoms with Gasteiger partial charge in [0, 0.05) is 11.3 Å². The van der Waals surface area contributed by atoms with Crippen LogP contribution in [0.1, 0.15) is 42.2 Å². The maximum absolute atomic E-state index is 12.4. The van der Waals surface area contributed by atoms with Crippen molar-refractivity contribution < 1.29 is 9.90 Å². The highest BCUT2D eigenvalue weighted by Crippen LogP contribution is 2.44. The van der Waals surface area contributed by atoms with Gasteiger partial charge >= 0.3 is 0 Å². The molecule has 1 N–H and O–H groups in total. The van der Waals surface area contributed by atoms with Crippen molar-refractivity contribution in [2.24, 2.45) is 5.92 Å². The number of carbonyl (C=O) groups is 1. The molecule has 3 rings (SSSR count). The van der Waals surface area contributed by atoms with Crippen molar-refractivity contribution in [1.29, 1.82) is 0 Å². The quantitative estimate of drug-likeness (QED) is 0.867. The van der Waals surface area contributed by atoms with Crippen molar-refractivity contribution >= 4 is 17.5 Å². The third-order valence-corrected chi connectivity index (χ3v) is 4.35. The molecule has 2 heterocycles. The lowest BCUT2D eigenvalue weighted by atomic mass is 9.88. The van der Waals surface area contributed by atoms with Crippen LogP contribution in [0.2, 0.25) is 5.15 Å². The third-order valence-electron chi connectivity index (χ3n) is 4.15. The van der Waals surface area contributed by atoms with E-state index in [1.807, 2.05) is 6.07 Å². The Balaban J connectivity index is 1.71. The van der Waals surface area contributed by atoms with E-state index in [0.29, 0.717) is 29.7 Å². The highest BCUT2D eigenvalue weighted by atomic mass is 35.5. The smallest absolute Gasteiger partial charge is 0.254 e. The molecule has 1 aromatic rings. The molecule has 108 valence electrons. The average Bonchev–Trinajstić information content (AvgIpc) is 3.18. The van der Waals surface area contributed by atoms with E-state index >= 15 is 0 Å². The summed E-state index contributed by atoms with van der Waals surface area (Å²) >= 11 is 5.98. The second kappa shape index (κ2) is 5.01. The zero-order chi connectivity index (χ0) is 14.3. The fraction of sp³-hybridized carbons (Fsp3) is 0.600. The molecule has 2 aliphatic rings. The minimum Gasteiger partial charge on any atom is -0.386 e. The minimum absolute atomic E-state index is 0.0584. The van der Waals surface area contributed by atoms with E-state index < -0.39 is 5.60 Å². The van der Waals surface area contributed by atoms with Gasteiger partial charge in [0.2, 0.25) is 0 Å². The van der Waals surface area contributed by atoms with Gasteiger partial charge in [0.1, 0.15) is 10.8 Å². The fourth-order valence-corrected chi connectivity index (χ4v) is 3.10. The maximum Gasteiger partial charge on any atom is 0.254 e. The molecule has 0 unspecified atom stereocenters. The summed E-state index contributed by atoms with van der Waals surface area (Å²) in [6.07, 6.45) is 3.94. The molecule has 0 aromatic carbocycles. The number of rotatable bonds is 4. The SMILES string of the molecule is CCCc1cc(C(=O)N2CC(O)(C3CC3)C2)cc(Cl)n1. The molecule has 2 fully saturated rings. The lowest BCUT2D eigenvalue weighted by molar-refractivity contribution is -0.0958. The molecular weight excluding hydrogens is 276 g/mol. The van der Waals surface area contributed by atoms with E-state index in [4.69, 9.17) is 11.6 Å². The first-order valence-electron chi connectivity index (χ1n) is 7.20. The Morgan fingerprint density at radius 1 is 1.50 bits per heavy atom. The van der Waals surface area contributed by atoms with Gasteiger partial charge in [-0.05, 0) is 37.3 Å². The highest BCUT2D eigenvalue weighted by molar-refractivity contribution is 6.29. The largest absolute Gasteiger partial charge is 0.386 e. The number of nitrogens with zero attached hydrogens (tertiary/aromatic N) is 2. The van der Waals surface area contributed by atoms with Gasteiger partial charge in [-0.2, -0.15) is 0 Å². The number of β-amino-alcohol motifs (C(OH)–C–C–N with tert-alkyl or cyclic N) is 1. The Bertz CT molecular complexity index is 537. The molecule has 20 heavy (non-hydrogen) atoms. The maximum atomic E-state index is 12.4. The van der Waals surface area contributed by atoms with Gasteiger partial charge in [-0.15, -0.1) is 0 Å². The van der Waals surface area contributed by atoms with Crippen LogP contribution in [0.4, 0.5) is 0 Å². The molecule has 4 nitrogen and oxygen atoms in total. The summed E-state index contributed by atoms with van der Waals surface area (Å²) in [5.74, 6) is 0.334.